The van der Waals surface area contributed by atoms with Gasteiger partial charge in [-0.05, 0) is 36.8 Å². The summed E-state index contributed by atoms with van der Waals surface area (Å²) in [6.45, 7) is -1.16. The number of benzene rings is 2. The van der Waals surface area contributed by atoms with Gasteiger partial charge >= 0.3 is 6.61 Å². The fraction of sp³-hybridized carbons (Fsp3) is 0.158. The van der Waals surface area contributed by atoms with Crippen LogP contribution in [0.15, 0.2) is 54.6 Å². The molecular weight excluding hydrogens is 386 g/mol. The van der Waals surface area contributed by atoms with Crippen molar-refractivity contribution in [3.05, 3.63) is 76.0 Å². The van der Waals surface area contributed by atoms with E-state index in [1.807, 2.05) is 0 Å². The smallest absolute Gasteiger partial charge is 0.387 e. The number of halogens is 2. The minimum Gasteiger partial charge on any atom is -0.435 e. The summed E-state index contributed by atoms with van der Waals surface area (Å²) in [7, 11) is 0. The van der Waals surface area contributed by atoms with E-state index in [4.69, 9.17) is 0 Å². The van der Waals surface area contributed by atoms with Crippen LogP contribution in [0.3, 0.4) is 0 Å². The Morgan fingerprint density at radius 3 is 2.45 bits per heavy atom. The van der Waals surface area contributed by atoms with E-state index in [2.05, 4.69) is 15.2 Å². The molecular formula is C19H16F2N4O4. The molecule has 0 saturated heterocycles. The number of anilines is 1. The molecule has 1 N–H and O–H groups in total. The lowest BCUT2D eigenvalue weighted by atomic mass is 10.1. The Morgan fingerprint density at radius 2 is 1.86 bits per heavy atom. The van der Waals surface area contributed by atoms with Crippen LogP contribution in [0, 0.1) is 17.0 Å². The molecule has 0 radical (unpaired) electrons. The number of ether oxygens (including phenoxy) is 1. The molecule has 0 saturated carbocycles. The van der Waals surface area contributed by atoms with Crippen LogP contribution in [0.2, 0.25) is 0 Å². The number of aromatic nitrogens is 2. The van der Waals surface area contributed by atoms with E-state index >= 15 is 0 Å². The van der Waals surface area contributed by atoms with Crippen molar-refractivity contribution >= 4 is 17.4 Å². The molecule has 0 aliphatic heterocycles. The summed E-state index contributed by atoms with van der Waals surface area (Å²) in [6, 6.07) is 13.2. The van der Waals surface area contributed by atoms with E-state index in [1.165, 1.54) is 53.2 Å². The SMILES string of the molecule is Cc1cc(NC(=O)Cc2ccc(OC(F)F)cc2)n(-c2ccc([N+](=O)[O-])cc2)n1. The van der Waals surface area contributed by atoms with Gasteiger partial charge in [-0.25, -0.2) is 4.68 Å². The zero-order valence-electron chi connectivity index (χ0n) is 15.2. The average Bonchev–Trinajstić information content (AvgIpc) is 3.03. The number of hydrogen-bond acceptors (Lipinski definition) is 5. The Hall–Kier alpha value is -3.82. The van der Waals surface area contributed by atoms with E-state index < -0.39 is 11.5 Å². The topological polar surface area (TPSA) is 99.3 Å². The van der Waals surface area contributed by atoms with Crippen molar-refractivity contribution in [1.29, 1.82) is 0 Å². The van der Waals surface area contributed by atoms with E-state index in [1.54, 1.807) is 13.0 Å². The second-order valence-electron chi connectivity index (χ2n) is 6.10. The second-order valence-corrected chi connectivity index (χ2v) is 6.10. The maximum Gasteiger partial charge on any atom is 0.387 e. The van der Waals surface area contributed by atoms with E-state index in [9.17, 15) is 23.7 Å². The average molecular weight is 402 g/mol. The zero-order valence-corrected chi connectivity index (χ0v) is 15.2. The van der Waals surface area contributed by atoms with Crippen molar-refractivity contribution in [3.63, 3.8) is 0 Å². The van der Waals surface area contributed by atoms with Gasteiger partial charge < -0.3 is 10.1 Å². The molecule has 0 unspecified atom stereocenters. The fourth-order valence-electron chi connectivity index (χ4n) is 2.66. The zero-order chi connectivity index (χ0) is 21.0. The molecule has 150 valence electrons. The molecule has 10 heteroatoms. The molecule has 1 amide bonds. The molecule has 2 aromatic carbocycles. The lowest BCUT2D eigenvalue weighted by molar-refractivity contribution is -0.384. The number of amides is 1. The molecule has 3 rings (SSSR count). The number of non-ortho nitro benzene ring substituents is 1. The summed E-state index contributed by atoms with van der Waals surface area (Å²) < 4.78 is 30.1. The summed E-state index contributed by atoms with van der Waals surface area (Å²) in [6.07, 6.45) is 0.0133. The number of nitro groups is 1. The van der Waals surface area contributed by atoms with Crippen LogP contribution in [0.4, 0.5) is 20.3 Å². The van der Waals surface area contributed by atoms with E-state index in [0.717, 1.165) is 0 Å². The molecule has 3 aromatic rings. The highest BCUT2D eigenvalue weighted by atomic mass is 19.3. The number of nitrogens with one attached hydrogen (secondary N) is 1. The van der Waals surface area contributed by atoms with Crippen LogP contribution < -0.4 is 10.1 Å². The Labute approximate surface area is 163 Å². The van der Waals surface area contributed by atoms with Crippen LogP contribution in [0.1, 0.15) is 11.3 Å². The third-order valence-electron chi connectivity index (χ3n) is 3.92. The maximum absolute atomic E-state index is 12.4. The molecule has 0 spiro atoms. The molecule has 0 atom stereocenters. The monoisotopic (exact) mass is 402 g/mol. The van der Waals surface area contributed by atoms with Crippen LogP contribution >= 0.6 is 0 Å². The van der Waals surface area contributed by atoms with Crippen molar-refractivity contribution in [2.24, 2.45) is 0 Å². The maximum atomic E-state index is 12.4. The van der Waals surface area contributed by atoms with Crippen LogP contribution in [-0.4, -0.2) is 27.2 Å². The number of hydrogen-bond donors (Lipinski definition) is 1. The standard InChI is InChI=1S/C19H16F2N4O4/c1-12-10-17(24(23-12)14-4-6-15(7-5-14)25(27)28)22-18(26)11-13-2-8-16(9-3-13)29-19(20)21/h2-10,19H,11H2,1H3,(H,22,26). The van der Waals surface area contributed by atoms with Crippen molar-refractivity contribution in [3.8, 4) is 11.4 Å². The lowest BCUT2D eigenvalue weighted by Gasteiger charge is -2.09. The first-order valence-corrected chi connectivity index (χ1v) is 8.47. The molecule has 1 heterocycles. The molecule has 1 aromatic heterocycles. The van der Waals surface area contributed by atoms with Gasteiger partial charge in [-0.2, -0.15) is 13.9 Å². The van der Waals surface area contributed by atoms with Gasteiger partial charge in [-0.15, -0.1) is 0 Å². The Bertz CT molecular complexity index is 1020. The first-order chi connectivity index (χ1) is 13.8. The minimum atomic E-state index is -2.91. The molecule has 0 aliphatic rings. The van der Waals surface area contributed by atoms with Gasteiger partial charge in [0.25, 0.3) is 5.69 Å². The Balaban J connectivity index is 1.71. The van der Waals surface area contributed by atoms with Gasteiger partial charge in [0.15, 0.2) is 0 Å². The van der Waals surface area contributed by atoms with Crippen LogP contribution in [-0.2, 0) is 11.2 Å². The number of nitrogens with zero attached hydrogens (tertiary/aromatic N) is 3. The highest BCUT2D eigenvalue weighted by Gasteiger charge is 2.13. The number of carbonyl (C=O) groups excluding carboxylic acids is 1. The van der Waals surface area contributed by atoms with E-state index in [-0.39, 0.29) is 23.8 Å². The third-order valence-corrected chi connectivity index (χ3v) is 3.92. The first kappa shape index (κ1) is 19.9. The molecule has 0 bridgehead atoms. The summed E-state index contributed by atoms with van der Waals surface area (Å²) in [5, 5.41) is 17.8. The second kappa shape index (κ2) is 8.46. The highest BCUT2D eigenvalue weighted by molar-refractivity contribution is 5.91. The normalized spacial score (nSPS) is 10.8. The number of nitro benzene ring substituents is 1. The van der Waals surface area contributed by atoms with Gasteiger partial charge in [0.1, 0.15) is 11.6 Å². The molecule has 29 heavy (non-hydrogen) atoms. The Kier molecular flexibility index (Phi) is 5.82. The number of rotatable bonds is 7. The van der Waals surface area contributed by atoms with Gasteiger partial charge in [0.2, 0.25) is 5.91 Å². The van der Waals surface area contributed by atoms with Gasteiger partial charge in [0.05, 0.1) is 22.7 Å². The van der Waals surface area contributed by atoms with Crippen molar-refractivity contribution in [2.45, 2.75) is 20.0 Å². The van der Waals surface area contributed by atoms with Gasteiger partial charge in [0, 0.05) is 18.2 Å². The van der Waals surface area contributed by atoms with Gasteiger partial charge in [-0.3, -0.25) is 14.9 Å². The number of aryl methyl sites for hydroxylation is 1. The quantitative estimate of drug-likeness (QED) is 0.478. The van der Waals surface area contributed by atoms with E-state index in [0.29, 0.717) is 22.8 Å². The fourth-order valence-corrected chi connectivity index (χ4v) is 2.66. The summed E-state index contributed by atoms with van der Waals surface area (Å²) in [5.41, 5.74) is 1.75. The van der Waals surface area contributed by atoms with Crippen LogP contribution in [0.25, 0.3) is 5.69 Å². The molecule has 0 aliphatic carbocycles. The van der Waals surface area contributed by atoms with Crippen LogP contribution in [0.5, 0.6) is 5.75 Å². The Morgan fingerprint density at radius 1 is 1.21 bits per heavy atom. The number of carbonyl (C=O) groups is 1. The summed E-state index contributed by atoms with van der Waals surface area (Å²) >= 11 is 0. The van der Waals surface area contributed by atoms with Gasteiger partial charge in [-0.1, -0.05) is 12.1 Å². The summed E-state index contributed by atoms with van der Waals surface area (Å²) in [4.78, 5) is 22.7. The first-order valence-electron chi connectivity index (χ1n) is 8.47. The predicted octanol–water partition coefficient (Wildman–Crippen LogP) is 3.87. The number of alkyl halides is 2. The lowest BCUT2D eigenvalue weighted by Crippen LogP contribution is -2.17. The minimum absolute atomic E-state index is 0.0102. The third kappa shape index (κ3) is 5.12. The molecule has 8 nitrogen and oxygen atoms in total. The van der Waals surface area contributed by atoms with Crippen molar-refractivity contribution in [2.75, 3.05) is 5.32 Å². The highest BCUT2D eigenvalue weighted by Crippen LogP contribution is 2.21. The largest absolute Gasteiger partial charge is 0.435 e. The van der Waals surface area contributed by atoms with Crippen molar-refractivity contribution in [1.82, 2.24) is 9.78 Å². The summed E-state index contributed by atoms with van der Waals surface area (Å²) in [5.74, 6) is 0.0747. The predicted molar refractivity (Wildman–Crippen MR) is 100 cm³/mol. The van der Waals surface area contributed by atoms with Crippen molar-refractivity contribution < 1.29 is 23.2 Å². The molecule has 0 fully saturated rings.